The lowest BCUT2D eigenvalue weighted by atomic mass is 10.2. The van der Waals surface area contributed by atoms with Crippen molar-refractivity contribution in [3.63, 3.8) is 0 Å². The Hall–Kier alpha value is -2.36. The normalized spacial score (nSPS) is 12.6. The van der Waals surface area contributed by atoms with E-state index in [1.165, 1.54) is 6.07 Å². The number of imidazole rings is 1. The summed E-state index contributed by atoms with van der Waals surface area (Å²) >= 11 is 0. The van der Waals surface area contributed by atoms with Crippen LogP contribution in [-0.2, 0) is 7.05 Å². The first-order chi connectivity index (χ1) is 10.1. The molecule has 0 aliphatic rings. The average Bonchev–Trinajstić information content (AvgIpc) is 2.80. The van der Waals surface area contributed by atoms with Crippen LogP contribution in [0.25, 0.3) is 11.0 Å². The van der Waals surface area contributed by atoms with Crippen molar-refractivity contribution in [3.05, 3.63) is 59.7 Å². The van der Waals surface area contributed by atoms with Crippen LogP contribution in [0.4, 0.5) is 10.1 Å². The lowest BCUT2D eigenvalue weighted by molar-refractivity contribution is 0.623. The van der Waals surface area contributed by atoms with Gasteiger partial charge in [0.1, 0.15) is 11.6 Å². The summed E-state index contributed by atoms with van der Waals surface area (Å²) < 4.78 is 16.0. The first-order valence-corrected chi connectivity index (χ1v) is 7.00. The molecule has 1 aromatic heterocycles. The van der Waals surface area contributed by atoms with Gasteiger partial charge in [0.15, 0.2) is 0 Å². The maximum absolute atomic E-state index is 13.9. The first kappa shape index (κ1) is 13.6. The van der Waals surface area contributed by atoms with E-state index in [2.05, 4.69) is 10.3 Å². The van der Waals surface area contributed by atoms with E-state index in [4.69, 9.17) is 0 Å². The maximum atomic E-state index is 13.9. The van der Waals surface area contributed by atoms with Crippen LogP contribution in [0.2, 0.25) is 0 Å². The van der Waals surface area contributed by atoms with E-state index in [9.17, 15) is 4.39 Å². The standard InChI is InChI=1S/C17H18FN3/c1-11-8-9-14(13(18)10-11)19-12(2)17-20-15-6-4-5-7-16(15)21(17)3/h4-10,12,19H,1-3H3. The molecule has 3 nitrogen and oxygen atoms in total. The van der Waals surface area contributed by atoms with Gasteiger partial charge in [-0.25, -0.2) is 9.37 Å². The van der Waals surface area contributed by atoms with Gasteiger partial charge in [-0.2, -0.15) is 0 Å². The molecule has 0 fully saturated rings. The number of nitrogens with zero attached hydrogens (tertiary/aromatic N) is 2. The van der Waals surface area contributed by atoms with Crippen molar-refractivity contribution in [1.29, 1.82) is 0 Å². The maximum Gasteiger partial charge on any atom is 0.146 e. The Morgan fingerprint density at radius 3 is 2.67 bits per heavy atom. The van der Waals surface area contributed by atoms with E-state index in [1.807, 2.05) is 55.8 Å². The van der Waals surface area contributed by atoms with Gasteiger partial charge in [0.2, 0.25) is 0 Å². The van der Waals surface area contributed by atoms with Crippen LogP contribution in [0, 0.1) is 12.7 Å². The third-order valence-corrected chi connectivity index (χ3v) is 3.71. The molecule has 1 heterocycles. The summed E-state index contributed by atoms with van der Waals surface area (Å²) in [6, 6.07) is 13.1. The highest BCUT2D eigenvalue weighted by Crippen LogP contribution is 2.24. The largest absolute Gasteiger partial charge is 0.373 e. The molecule has 108 valence electrons. The molecule has 4 heteroatoms. The molecule has 3 aromatic rings. The highest BCUT2D eigenvalue weighted by Gasteiger charge is 2.15. The molecule has 1 N–H and O–H groups in total. The summed E-state index contributed by atoms with van der Waals surface area (Å²) in [5, 5.41) is 3.20. The number of aromatic nitrogens is 2. The van der Waals surface area contributed by atoms with E-state index >= 15 is 0 Å². The van der Waals surface area contributed by atoms with Gasteiger partial charge in [-0.05, 0) is 43.7 Å². The number of rotatable bonds is 3. The fraction of sp³-hybridized carbons (Fsp3) is 0.235. The Kier molecular flexibility index (Phi) is 3.37. The average molecular weight is 283 g/mol. The van der Waals surface area contributed by atoms with E-state index < -0.39 is 0 Å². The van der Waals surface area contributed by atoms with Crippen molar-refractivity contribution in [2.45, 2.75) is 19.9 Å². The van der Waals surface area contributed by atoms with Crippen LogP contribution < -0.4 is 5.32 Å². The van der Waals surface area contributed by atoms with E-state index in [0.717, 1.165) is 22.4 Å². The molecule has 0 aliphatic heterocycles. The quantitative estimate of drug-likeness (QED) is 0.781. The molecule has 1 atom stereocenters. The van der Waals surface area contributed by atoms with Crippen LogP contribution >= 0.6 is 0 Å². The van der Waals surface area contributed by atoms with Crippen LogP contribution in [0.3, 0.4) is 0 Å². The molecule has 2 aromatic carbocycles. The molecule has 0 radical (unpaired) electrons. The predicted octanol–water partition coefficient (Wildman–Crippen LogP) is 4.19. The zero-order valence-corrected chi connectivity index (χ0v) is 12.4. The minimum Gasteiger partial charge on any atom is -0.373 e. The third-order valence-electron chi connectivity index (χ3n) is 3.71. The molecule has 3 rings (SSSR count). The Labute approximate surface area is 123 Å². The van der Waals surface area contributed by atoms with E-state index in [1.54, 1.807) is 6.07 Å². The van der Waals surface area contributed by atoms with Gasteiger partial charge in [0.25, 0.3) is 0 Å². The first-order valence-electron chi connectivity index (χ1n) is 7.00. The minimum atomic E-state index is -0.236. The van der Waals surface area contributed by atoms with Crippen LogP contribution in [-0.4, -0.2) is 9.55 Å². The lowest BCUT2D eigenvalue weighted by Crippen LogP contribution is -2.13. The summed E-state index contributed by atoms with van der Waals surface area (Å²) in [5.74, 6) is 0.650. The Balaban J connectivity index is 1.93. The number of hydrogen-bond acceptors (Lipinski definition) is 2. The number of benzene rings is 2. The zero-order chi connectivity index (χ0) is 15.0. The Morgan fingerprint density at radius 1 is 1.19 bits per heavy atom. The SMILES string of the molecule is Cc1ccc(NC(C)c2nc3ccccc3n2C)c(F)c1. The van der Waals surface area contributed by atoms with Gasteiger partial charge >= 0.3 is 0 Å². The van der Waals surface area contributed by atoms with Crippen LogP contribution in [0.1, 0.15) is 24.4 Å². The fourth-order valence-electron chi connectivity index (χ4n) is 2.59. The number of anilines is 1. The van der Waals surface area contributed by atoms with Gasteiger partial charge in [-0.1, -0.05) is 18.2 Å². The smallest absolute Gasteiger partial charge is 0.146 e. The Bertz CT molecular complexity index is 792. The third kappa shape index (κ3) is 2.49. The molecule has 0 amide bonds. The Morgan fingerprint density at radius 2 is 1.95 bits per heavy atom. The molecule has 0 saturated carbocycles. The van der Waals surface area contributed by atoms with E-state index in [-0.39, 0.29) is 11.9 Å². The second kappa shape index (κ2) is 5.20. The van der Waals surface area contributed by atoms with Gasteiger partial charge in [-0.3, -0.25) is 0 Å². The summed E-state index contributed by atoms with van der Waals surface area (Å²) in [4.78, 5) is 4.63. The molecule has 1 unspecified atom stereocenters. The summed E-state index contributed by atoms with van der Waals surface area (Å²) in [6.45, 7) is 3.86. The number of nitrogens with one attached hydrogen (secondary N) is 1. The second-order valence-electron chi connectivity index (χ2n) is 5.37. The second-order valence-corrected chi connectivity index (χ2v) is 5.37. The summed E-state index contributed by atoms with van der Waals surface area (Å²) in [7, 11) is 1.98. The minimum absolute atomic E-state index is 0.0837. The van der Waals surface area contributed by atoms with E-state index in [0.29, 0.717) is 5.69 Å². The molecule has 0 spiro atoms. The number of aryl methyl sites for hydroxylation is 2. The van der Waals surface area contributed by atoms with Crippen molar-refractivity contribution in [1.82, 2.24) is 9.55 Å². The number of hydrogen-bond donors (Lipinski definition) is 1. The topological polar surface area (TPSA) is 29.9 Å². The molecule has 21 heavy (non-hydrogen) atoms. The van der Waals surface area contributed by atoms with Crippen LogP contribution in [0.15, 0.2) is 42.5 Å². The highest BCUT2D eigenvalue weighted by atomic mass is 19.1. The number of fused-ring (bicyclic) bond motifs is 1. The van der Waals surface area contributed by atoms with Crippen LogP contribution in [0.5, 0.6) is 0 Å². The van der Waals surface area contributed by atoms with Crippen molar-refractivity contribution in [2.24, 2.45) is 7.05 Å². The van der Waals surface area contributed by atoms with Gasteiger partial charge < -0.3 is 9.88 Å². The number of para-hydroxylation sites is 2. The molecule has 0 bridgehead atoms. The van der Waals surface area contributed by atoms with Crippen molar-refractivity contribution in [2.75, 3.05) is 5.32 Å². The molecular weight excluding hydrogens is 265 g/mol. The van der Waals surface area contributed by atoms with Gasteiger partial charge in [0, 0.05) is 7.05 Å². The predicted molar refractivity (Wildman–Crippen MR) is 83.9 cm³/mol. The van der Waals surface area contributed by atoms with Crippen molar-refractivity contribution >= 4 is 16.7 Å². The van der Waals surface area contributed by atoms with Crippen molar-refractivity contribution < 1.29 is 4.39 Å². The van der Waals surface area contributed by atoms with Crippen molar-refractivity contribution in [3.8, 4) is 0 Å². The summed E-state index contributed by atoms with van der Waals surface area (Å²) in [6.07, 6.45) is 0. The highest BCUT2D eigenvalue weighted by molar-refractivity contribution is 5.76. The molecule has 0 aliphatic carbocycles. The zero-order valence-electron chi connectivity index (χ0n) is 12.4. The summed E-state index contributed by atoms with van der Waals surface area (Å²) in [5.41, 5.74) is 3.44. The molecular formula is C17H18FN3. The lowest BCUT2D eigenvalue weighted by Gasteiger charge is -2.16. The molecule has 0 saturated heterocycles. The van der Waals surface area contributed by atoms with Gasteiger partial charge in [-0.15, -0.1) is 0 Å². The van der Waals surface area contributed by atoms with Gasteiger partial charge in [0.05, 0.1) is 22.8 Å². The number of halogens is 1. The monoisotopic (exact) mass is 283 g/mol. The fourth-order valence-corrected chi connectivity index (χ4v) is 2.59.